The second-order valence-corrected chi connectivity index (χ2v) is 8.01. The summed E-state index contributed by atoms with van der Waals surface area (Å²) in [5.74, 6) is -1.81. The fourth-order valence-electron chi connectivity index (χ4n) is 3.78. The van der Waals surface area contributed by atoms with Gasteiger partial charge in [-0.15, -0.1) is 0 Å². The molecule has 0 N–H and O–H groups in total. The summed E-state index contributed by atoms with van der Waals surface area (Å²) in [5, 5.41) is 10.0. The minimum absolute atomic E-state index is 0.0218. The highest BCUT2D eigenvalue weighted by atomic mass is 19.2. The average Bonchev–Trinajstić information content (AvgIpc) is 2.70. The predicted octanol–water partition coefficient (Wildman–Crippen LogP) is 6.24. The van der Waals surface area contributed by atoms with Crippen LogP contribution in [0.25, 0.3) is 0 Å². The first-order valence-corrected chi connectivity index (χ1v) is 9.86. The van der Waals surface area contributed by atoms with Crippen LogP contribution < -0.4 is 0 Å². The number of rotatable bonds is 8. The summed E-state index contributed by atoms with van der Waals surface area (Å²) in [7, 11) is 2.09. The first-order chi connectivity index (χ1) is 13.2. The van der Waals surface area contributed by atoms with Gasteiger partial charge in [-0.2, -0.15) is 5.26 Å². The molecule has 0 saturated carbocycles. The SMILES string of the molecule is CC(CCC(C#N)(c1ccc(F)c(F)c1)C(C)C)N(C)C(C)c1ccccc1. The zero-order valence-corrected chi connectivity index (χ0v) is 17.4. The van der Waals surface area contributed by atoms with Crippen LogP contribution in [-0.4, -0.2) is 18.0 Å². The van der Waals surface area contributed by atoms with Crippen molar-refractivity contribution in [2.75, 3.05) is 7.05 Å². The van der Waals surface area contributed by atoms with Crippen molar-refractivity contribution in [2.24, 2.45) is 5.92 Å². The lowest BCUT2D eigenvalue weighted by molar-refractivity contribution is 0.175. The van der Waals surface area contributed by atoms with Gasteiger partial charge in [0.05, 0.1) is 11.5 Å². The summed E-state index contributed by atoms with van der Waals surface area (Å²) in [6.45, 7) is 8.24. The Labute approximate surface area is 167 Å². The third-order valence-corrected chi connectivity index (χ3v) is 6.16. The van der Waals surface area contributed by atoms with Crippen molar-refractivity contribution in [3.8, 4) is 6.07 Å². The van der Waals surface area contributed by atoms with E-state index in [0.717, 1.165) is 12.5 Å². The Kier molecular flexibility index (Phi) is 7.32. The molecule has 0 bridgehead atoms. The second-order valence-electron chi connectivity index (χ2n) is 8.01. The Hall–Kier alpha value is -2.25. The molecule has 0 aliphatic carbocycles. The molecular weight excluding hydrogens is 354 g/mol. The molecule has 0 fully saturated rings. The third-order valence-electron chi connectivity index (χ3n) is 6.16. The Bertz CT molecular complexity index is 813. The largest absolute Gasteiger partial charge is 0.297 e. The average molecular weight is 385 g/mol. The van der Waals surface area contributed by atoms with E-state index in [1.807, 2.05) is 32.0 Å². The van der Waals surface area contributed by atoms with Crippen molar-refractivity contribution in [1.82, 2.24) is 4.90 Å². The fraction of sp³-hybridized carbons (Fsp3) is 0.458. The highest BCUT2D eigenvalue weighted by molar-refractivity contribution is 5.34. The first-order valence-electron chi connectivity index (χ1n) is 9.86. The van der Waals surface area contributed by atoms with Gasteiger partial charge >= 0.3 is 0 Å². The van der Waals surface area contributed by atoms with E-state index in [1.165, 1.54) is 11.6 Å². The lowest BCUT2D eigenvalue weighted by atomic mass is 9.69. The van der Waals surface area contributed by atoms with Crippen molar-refractivity contribution < 1.29 is 8.78 Å². The summed E-state index contributed by atoms with van der Waals surface area (Å²) in [6, 6.07) is 17.0. The zero-order chi connectivity index (χ0) is 20.9. The maximum Gasteiger partial charge on any atom is 0.159 e. The molecule has 0 heterocycles. The van der Waals surface area contributed by atoms with E-state index in [1.54, 1.807) is 6.07 Å². The van der Waals surface area contributed by atoms with Crippen LogP contribution in [0.2, 0.25) is 0 Å². The predicted molar refractivity (Wildman–Crippen MR) is 110 cm³/mol. The molecule has 4 heteroatoms. The van der Waals surface area contributed by atoms with Crippen LogP contribution >= 0.6 is 0 Å². The van der Waals surface area contributed by atoms with E-state index >= 15 is 0 Å². The Balaban J connectivity index is 2.19. The number of nitrogens with zero attached hydrogens (tertiary/aromatic N) is 2. The maximum absolute atomic E-state index is 13.8. The van der Waals surface area contributed by atoms with E-state index < -0.39 is 17.0 Å². The fourth-order valence-corrected chi connectivity index (χ4v) is 3.78. The van der Waals surface area contributed by atoms with Gasteiger partial charge in [-0.25, -0.2) is 8.78 Å². The normalized spacial score (nSPS) is 15.9. The van der Waals surface area contributed by atoms with Crippen LogP contribution in [0, 0.1) is 28.9 Å². The van der Waals surface area contributed by atoms with Gasteiger partial charge in [0.25, 0.3) is 0 Å². The molecule has 28 heavy (non-hydrogen) atoms. The van der Waals surface area contributed by atoms with Crippen molar-refractivity contribution in [3.05, 3.63) is 71.3 Å². The lowest BCUT2D eigenvalue weighted by Gasteiger charge is -2.36. The Morgan fingerprint density at radius 3 is 2.18 bits per heavy atom. The van der Waals surface area contributed by atoms with Gasteiger partial charge in [-0.05, 0) is 62.9 Å². The van der Waals surface area contributed by atoms with Crippen molar-refractivity contribution in [3.63, 3.8) is 0 Å². The molecule has 2 aromatic carbocycles. The topological polar surface area (TPSA) is 27.0 Å². The quantitative estimate of drug-likeness (QED) is 0.538. The zero-order valence-electron chi connectivity index (χ0n) is 17.4. The number of nitriles is 1. The first kappa shape index (κ1) is 22.0. The summed E-state index contributed by atoms with van der Waals surface area (Å²) in [5.41, 5.74) is 0.947. The van der Waals surface area contributed by atoms with Crippen LogP contribution in [0.3, 0.4) is 0 Å². The second kappa shape index (κ2) is 9.30. The molecule has 0 saturated heterocycles. The molecule has 3 atom stereocenters. The van der Waals surface area contributed by atoms with Crippen molar-refractivity contribution in [2.45, 2.75) is 58.0 Å². The van der Waals surface area contributed by atoms with Crippen LogP contribution in [0.1, 0.15) is 57.7 Å². The van der Waals surface area contributed by atoms with Gasteiger partial charge < -0.3 is 0 Å². The number of hydrogen-bond acceptors (Lipinski definition) is 2. The van der Waals surface area contributed by atoms with Gasteiger partial charge in [0.1, 0.15) is 0 Å². The number of halogens is 2. The molecule has 3 unspecified atom stereocenters. The van der Waals surface area contributed by atoms with Crippen LogP contribution in [-0.2, 0) is 5.41 Å². The van der Waals surface area contributed by atoms with Crippen molar-refractivity contribution in [1.29, 1.82) is 5.26 Å². The molecule has 0 radical (unpaired) electrons. The van der Waals surface area contributed by atoms with Crippen LogP contribution in [0.15, 0.2) is 48.5 Å². The van der Waals surface area contributed by atoms with E-state index in [-0.39, 0.29) is 18.0 Å². The minimum atomic E-state index is -0.902. The molecule has 0 amide bonds. The Morgan fingerprint density at radius 2 is 1.64 bits per heavy atom. The smallest absolute Gasteiger partial charge is 0.159 e. The highest BCUT2D eigenvalue weighted by Gasteiger charge is 2.37. The lowest BCUT2D eigenvalue weighted by Crippen LogP contribution is -2.36. The molecule has 2 aromatic rings. The minimum Gasteiger partial charge on any atom is -0.297 e. The van der Waals surface area contributed by atoms with E-state index in [4.69, 9.17) is 0 Å². The summed E-state index contributed by atoms with van der Waals surface area (Å²) >= 11 is 0. The highest BCUT2D eigenvalue weighted by Crippen LogP contribution is 2.38. The molecule has 2 nitrogen and oxygen atoms in total. The molecule has 0 aliphatic heterocycles. The van der Waals surface area contributed by atoms with E-state index in [0.29, 0.717) is 12.0 Å². The van der Waals surface area contributed by atoms with Crippen LogP contribution in [0.4, 0.5) is 8.78 Å². The van der Waals surface area contributed by atoms with Gasteiger partial charge in [0, 0.05) is 12.1 Å². The standard InChI is InChI=1S/C24H30F2N2/c1-17(2)24(16-27,21-11-12-22(25)23(26)15-21)14-13-18(3)28(5)19(4)20-9-7-6-8-10-20/h6-12,15,17-19H,13-14H2,1-5H3. The molecule has 0 aromatic heterocycles. The van der Waals surface area contributed by atoms with Crippen LogP contribution in [0.5, 0.6) is 0 Å². The van der Waals surface area contributed by atoms with E-state index in [9.17, 15) is 14.0 Å². The number of benzene rings is 2. The summed E-state index contributed by atoms with van der Waals surface area (Å²) in [6.07, 6.45) is 1.36. The molecule has 0 aliphatic rings. The summed E-state index contributed by atoms with van der Waals surface area (Å²) < 4.78 is 27.2. The van der Waals surface area contributed by atoms with Crippen molar-refractivity contribution >= 4 is 0 Å². The third kappa shape index (κ3) is 4.59. The van der Waals surface area contributed by atoms with Gasteiger partial charge in [-0.3, -0.25) is 4.90 Å². The van der Waals surface area contributed by atoms with Gasteiger partial charge in [0.15, 0.2) is 11.6 Å². The van der Waals surface area contributed by atoms with Gasteiger partial charge in [-0.1, -0.05) is 50.2 Å². The Morgan fingerprint density at radius 1 is 1.00 bits per heavy atom. The summed E-state index contributed by atoms with van der Waals surface area (Å²) in [4.78, 5) is 2.29. The molecule has 2 rings (SSSR count). The molecule has 0 spiro atoms. The monoisotopic (exact) mass is 384 g/mol. The number of hydrogen-bond donors (Lipinski definition) is 0. The molecule has 150 valence electrons. The van der Waals surface area contributed by atoms with Gasteiger partial charge in [0.2, 0.25) is 0 Å². The maximum atomic E-state index is 13.8. The molecular formula is C24H30F2N2. The van der Waals surface area contributed by atoms with E-state index in [2.05, 4.69) is 44.0 Å².